The van der Waals surface area contributed by atoms with Gasteiger partial charge < -0.3 is 0 Å². The van der Waals surface area contributed by atoms with Crippen LogP contribution in [0.5, 0.6) is 0 Å². The van der Waals surface area contributed by atoms with E-state index in [4.69, 9.17) is 0 Å². The van der Waals surface area contributed by atoms with Gasteiger partial charge in [0.15, 0.2) is 5.82 Å². The van der Waals surface area contributed by atoms with Gasteiger partial charge in [0.25, 0.3) is 0 Å². The lowest BCUT2D eigenvalue weighted by Crippen LogP contribution is -2.05. The van der Waals surface area contributed by atoms with Crippen LogP contribution in [0.3, 0.4) is 0 Å². The zero-order valence-electron chi connectivity index (χ0n) is 11.3. The first kappa shape index (κ1) is 12.0. The van der Waals surface area contributed by atoms with E-state index >= 15 is 0 Å². The molecular weight excluding hydrogens is 262 g/mol. The molecule has 5 nitrogen and oxygen atoms in total. The molecular formula is C16H13N5. The highest BCUT2D eigenvalue weighted by molar-refractivity contribution is 5.84. The maximum atomic E-state index is 4.53. The fourth-order valence-electron chi connectivity index (χ4n) is 2.41. The summed E-state index contributed by atoms with van der Waals surface area (Å²) in [6.45, 7) is 0.830. The summed E-state index contributed by atoms with van der Waals surface area (Å²) < 4.78 is 1.77. The molecule has 0 aromatic carbocycles. The zero-order valence-corrected chi connectivity index (χ0v) is 11.3. The molecule has 4 rings (SSSR count). The second-order valence-electron chi connectivity index (χ2n) is 4.91. The Balaban J connectivity index is 1.72. The van der Waals surface area contributed by atoms with Gasteiger partial charge in [0, 0.05) is 54.5 Å². The summed E-state index contributed by atoms with van der Waals surface area (Å²) >= 11 is 0. The molecule has 0 unspecified atom stereocenters. The molecule has 3 aromatic heterocycles. The van der Waals surface area contributed by atoms with Crippen LogP contribution in [0.25, 0.3) is 16.9 Å². The summed E-state index contributed by atoms with van der Waals surface area (Å²) in [6.07, 6.45) is 10.3. The van der Waals surface area contributed by atoms with E-state index < -0.39 is 0 Å². The summed E-state index contributed by atoms with van der Waals surface area (Å²) in [5.74, 6) is 0.802. The molecule has 1 aliphatic heterocycles. The van der Waals surface area contributed by atoms with E-state index in [1.54, 1.807) is 10.9 Å². The smallest absolute Gasteiger partial charge is 0.153 e. The molecule has 1 aliphatic rings. The highest BCUT2D eigenvalue weighted by atomic mass is 15.3. The molecule has 0 aliphatic carbocycles. The van der Waals surface area contributed by atoms with Crippen molar-refractivity contribution in [3.8, 4) is 16.9 Å². The summed E-state index contributed by atoms with van der Waals surface area (Å²) in [4.78, 5) is 13.1. The highest BCUT2D eigenvalue weighted by Crippen LogP contribution is 2.22. The van der Waals surface area contributed by atoms with Gasteiger partial charge in [0.2, 0.25) is 0 Å². The van der Waals surface area contributed by atoms with Crippen LogP contribution in [0.15, 0.2) is 54.0 Å². The normalized spacial score (nSPS) is 13.1. The molecule has 3 aromatic rings. The minimum atomic E-state index is 0.802. The molecule has 0 spiro atoms. The van der Waals surface area contributed by atoms with Gasteiger partial charge >= 0.3 is 0 Å². The third-order valence-electron chi connectivity index (χ3n) is 3.51. The number of aromatic nitrogens is 4. The van der Waals surface area contributed by atoms with E-state index in [2.05, 4.69) is 26.1 Å². The van der Waals surface area contributed by atoms with Crippen molar-refractivity contribution < 1.29 is 0 Å². The predicted molar refractivity (Wildman–Crippen MR) is 80.8 cm³/mol. The van der Waals surface area contributed by atoms with Crippen molar-refractivity contribution in [1.29, 1.82) is 0 Å². The Morgan fingerprint density at radius 2 is 2.05 bits per heavy atom. The first-order valence-corrected chi connectivity index (χ1v) is 6.85. The maximum Gasteiger partial charge on any atom is 0.153 e. The summed E-state index contributed by atoms with van der Waals surface area (Å²) in [6, 6.07) is 7.88. The average Bonchev–Trinajstić information content (AvgIpc) is 3.05. The van der Waals surface area contributed by atoms with Gasteiger partial charge in [-0.3, -0.25) is 9.98 Å². The van der Waals surface area contributed by atoms with Crippen molar-refractivity contribution in [3.05, 3.63) is 60.3 Å². The number of rotatable bonds is 2. The topological polar surface area (TPSA) is 56.0 Å². The van der Waals surface area contributed by atoms with Crippen molar-refractivity contribution in [2.24, 2.45) is 4.99 Å². The van der Waals surface area contributed by atoms with Crippen LogP contribution in [0, 0.1) is 0 Å². The van der Waals surface area contributed by atoms with E-state index in [0.29, 0.717) is 0 Å². The molecule has 0 amide bonds. The van der Waals surface area contributed by atoms with Crippen molar-refractivity contribution in [3.63, 3.8) is 0 Å². The summed E-state index contributed by atoms with van der Waals surface area (Å²) in [5, 5.41) is 4.37. The van der Waals surface area contributed by atoms with Crippen LogP contribution >= 0.6 is 0 Å². The number of fused-ring (bicyclic) bond motifs is 1. The monoisotopic (exact) mass is 275 g/mol. The van der Waals surface area contributed by atoms with Crippen LogP contribution in [0.2, 0.25) is 0 Å². The third kappa shape index (κ3) is 2.23. The largest absolute Gasteiger partial charge is 0.292 e. The Morgan fingerprint density at radius 1 is 1.05 bits per heavy atom. The minimum Gasteiger partial charge on any atom is -0.292 e. The first-order valence-electron chi connectivity index (χ1n) is 6.85. The van der Waals surface area contributed by atoms with E-state index in [0.717, 1.165) is 41.2 Å². The van der Waals surface area contributed by atoms with Crippen LogP contribution < -0.4 is 0 Å². The SMILES string of the molecule is C1=NCCc2ncc(-c3cnn(-c4ccccn4)c3)cc21. The van der Waals surface area contributed by atoms with E-state index in [1.165, 1.54) is 0 Å². The molecule has 0 atom stereocenters. The second kappa shape index (κ2) is 4.94. The molecule has 21 heavy (non-hydrogen) atoms. The summed E-state index contributed by atoms with van der Waals surface area (Å²) in [7, 11) is 0. The minimum absolute atomic E-state index is 0.802. The highest BCUT2D eigenvalue weighted by Gasteiger charge is 2.10. The fraction of sp³-hybridized carbons (Fsp3) is 0.125. The Labute approximate surface area is 122 Å². The van der Waals surface area contributed by atoms with Crippen LogP contribution in [0.4, 0.5) is 0 Å². The summed E-state index contributed by atoms with van der Waals surface area (Å²) in [5.41, 5.74) is 4.29. The lowest BCUT2D eigenvalue weighted by atomic mass is 10.0. The quantitative estimate of drug-likeness (QED) is 0.721. The number of nitrogens with zero attached hydrogens (tertiary/aromatic N) is 5. The van der Waals surface area contributed by atoms with Crippen molar-refractivity contribution >= 4 is 6.21 Å². The zero-order chi connectivity index (χ0) is 14.1. The van der Waals surface area contributed by atoms with E-state index in [1.807, 2.05) is 43.0 Å². The Hall–Kier alpha value is -2.82. The maximum absolute atomic E-state index is 4.53. The fourth-order valence-corrected chi connectivity index (χ4v) is 2.41. The molecule has 0 bridgehead atoms. The standard InChI is InChI=1S/C16H13N5/c1-2-5-18-16(3-1)21-11-14(10-20-21)12-7-13-8-17-6-4-15(13)19-9-12/h1-3,5,7-11H,4,6H2. The number of pyridine rings is 2. The van der Waals surface area contributed by atoms with Crippen molar-refractivity contribution in [2.45, 2.75) is 6.42 Å². The van der Waals surface area contributed by atoms with Crippen LogP contribution in [-0.4, -0.2) is 32.5 Å². The van der Waals surface area contributed by atoms with Gasteiger partial charge in [-0.05, 0) is 18.2 Å². The third-order valence-corrected chi connectivity index (χ3v) is 3.51. The Kier molecular flexibility index (Phi) is 2.81. The van der Waals surface area contributed by atoms with Gasteiger partial charge in [-0.15, -0.1) is 0 Å². The van der Waals surface area contributed by atoms with Gasteiger partial charge in [-0.25, -0.2) is 9.67 Å². The van der Waals surface area contributed by atoms with Crippen molar-refractivity contribution in [1.82, 2.24) is 19.7 Å². The van der Waals surface area contributed by atoms with E-state index in [-0.39, 0.29) is 0 Å². The number of aliphatic imine (C=N–C) groups is 1. The molecule has 0 saturated heterocycles. The molecule has 102 valence electrons. The molecule has 0 N–H and O–H groups in total. The molecule has 0 fully saturated rings. The van der Waals surface area contributed by atoms with Gasteiger partial charge in [0.1, 0.15) is 0 Å². The average molecular weight is 275 g/mol. The van der Waals surface area contributed by atoms with Gasteiger partial charge in [-0.2, -0.15) is 5.10 Å². The second-order valence-corrected chi connectivity index (χ2v) is 4.91. The molecule has 0 radical (unpaired) electrons. The molecule has 4 heterocycles. The molecule has 5 heteroatoms. The van der Waals surface area contributed by atoms with Crippen molar-refractivity contribution in [2.75, 3.05) is 6.54 Å². The predicted octanol–water partition coefficient (Wildman–Crippen LogP) is 2.30. The Morgan fingerprint density at radius 3 is 2.95 bits per heavy atom. The van der Waals surface area contributed by atoms with E-state index in [9.17, 15) is 0 Å². The number of hydrogen-bond acceptors (Lipinski definition) is 4. The van der Waals surface area contributed by atoms with Crippen LogP contribution in [0.1, 0.15) is 11.3 Å². The van der Waals surface area contributed by atoms with Gasteiger partial charge in [0.05, 0.1) is 11.9 Å². The molecule has 0 saturated carbocycles. The Bertz CT molecular complexity index is 805. The number of hydrogen-bond donors (Lipinski definition) is 0. The lowest BCUT2D eigenvalue weighted by Gasteiger charge is -2.09. The van der Waals surface area contributed by atoms with Gasteiger partial charge in [-0.1, -0.05) is 6.07 Å². The first-order chi connectivity index (χ1) is 10.4. The lowest BCUT2D eigenvalue weighted by molar-refractivity contribution is 0.847. The van der Waals surface area contributed by atoms with Crippen LogP contribution in [-0.2, 0) is 6.42 Å².